The minimum absolute atomic E-state index is 0.0657. The average molecular weight is 401 g/mol. The third-order valence-electron chi connectivity index (χ3n) is 3.94. The molecular weight excluding hydrogens is 381 g/mol. The van der Waals surface area contributed by atoms with Gasteiger partial charge in [0.05, 0.1) is 9.85 Å². The summed E-state index contributed by atoms with van der Waals surface area (Å²) in [5.74, 6) is -0.492. The maximum atomic E-state index is 15.3. The molecule has 0 fully saturated rings. The number of hydrogen-bond acceptors (Lipinski definition) is 5. The summed E-state index contributed by atoms with van der Waals surface area (Å²) in [4.78, 5) is 28.0. The first kappa shape index (κ1) is 21.5. The van der Waals surface area contributed by atoms with Gasteiger partial charge in [-0.05, 0) is 35.4 Å². The zero-order valence-electron chi connectivity index (χ0n) is 16.4. The fraction of sp³-hybridized carbons (Fsp3) is 0.211. The Morgan fingerprint density at radius 3 is 1.41 bits per heavy atom. The van der Waals surface area contributed by atoms with Crippen LogP contribution in [-0.4, -0.2) is 53.8 Å². The van der Waals surface area contributed by atoms with Crippen molar-refractivity contribution in [1.29, 1.82) is 0 Å². The number of guanidine groups is 1. The molecule has 0 amide bonds. The van der Waals surface area contributed by atoms with Crippen molar-refractivity contribution >= 4 is 22.9 Å². The standard InChI is InChI=1S/C19H20FN5O4/c1-22(2)19(23(3)4)21-18(20)17(13-5-9-15(10-6-13)24(26)27)14-7-11-16(12-8-14)25(28)29/h5-12H,1-4H3. The van der Waals surface area contributed by atoms with Crippen molar-refractivity contribution in [1.82, 2.24) is 9.80 Å². The molecule has 10 heteroatoms. The highest BCUT2D eigenvalue weighted by Crippen LogP contribution is 2.31. The second-order valence-electron chi connectivity index (χ2n) is 6.47. The van der Waals surface area contributed by atoms with Gasteiger partial charge in [-0.1, -0.05) is 0 Å². The van der Waals surface area contributed by atoms with Crippen molar-refractivity contribution in [3.8, 4) is 0 Å². The van der Waals surface area contributed by atoms with Gasteiger partial charge in [-0.2, -0.15) is 9.38 Å². The molecule has 0 heterocycles. The molecule has 0 radical (unpaired) electrons. The molecule has 2 rings (SSSR count). The van der Waals surface area contributed by atoms with Crippen LogP contribution in [-0.2, 0) is 0 Å². The minimum Gasteiger partial charge on any atom is -0.349 e. The fourth-order valence-corrected chi connectivity index (χ4v) is 2.65. The Kier molecular flexibility index (Phi) is 6.60. The van der Waals surface area contributed by atoms with Crippen LogP contribution in [0.15, 0.2) is 59.5 Å². The summed E-state index contributed by atoms with van der Waals surface area (Å²) < 4.78 is 15.3. The lowest BCUT2D eigenvalue weighted by Gasteiger charge is -2.22. The summed E-state index contributed by atoms with van der Waals surface area (Å²) in [5.41, 5.74) is 0.493. The van der Waals surface area contributed by atoms with Gasteiger partial charge in [0.15, 0.2) is 0 Å². The SMILES string of the molecule is CN(C)C(=NC(F)=C(c1ccc([N+](=O)[O-])cc1)c1ccc([N+](=O)[O-])cc1)N(C)C. The maximum Gasteiger partial charge on any atom is 0.269 e. The van der Waals surface area contributed by atoms with E-state index in [0.29, 0.717) is 17.1 Å². The van der Waals surface area contributed by atoms with Gasteiger partial charge in [0, 0.05) is 58.0 Å². The van der Waals surface area contributed by atoms with Gasteiger partial charge in [-0.15, -0.1) is 0 Å². The second kappa shape index (κ2) is 8.91. The molecule has 0 aliphatic heterocycles. The van der Waals surface area contributed by atoms with E-state index < -0.39 is 15.8 Å². The summed E-state index contributed by atoms with van der Waals surface area (Å²) in [5, 5.41) is 21.8. The molecule has 2 aromatic carbocycles. The van der Waals surface area contributed by atoms with Crippen LogP contribution in [0, 0.1) is 20.2 Å². The molecule has 2 aromatic rings. The molecule has 0 saturated carbocycles. The number of hydrogen-bond donors (Lipinski definition) is 0. The molecule has 0 spiro atoms. The summed E-state index contributed by atoms with van der Waals surface area (Å²) in [7, 11) is 6.85. The number of rotatable bonds is 5. The van der Waals surface area contributed by atoms with Gasteiger partial charge in [-0.25, -0.2) is 0 Å². The van der Waals surface area contributed by atoms with Crippen LogP contribution < -0.4 is 0 Å². The second-order valence-corrected chi connectivity index (χ2v) is 6.47. The van der Waals surface area contributed by atoms with Crippen LogP contribution >= 0.6 is 0 Å². The topological polar surface area (TPSA) is 105 Å². The molecule has 0 unspecified atom stereocenters. The van der Waals surface area contributed by atoms with Crippen LogP contribution in [0.3, 0.4) is 0 Å². The molecule has 0 saturated heterocycles. The first-order valence-electron chi connectivity index (χ1n) is 8.44. The van der Waals surface area contributed by atoms with E-state index in [9.17, 15) is 20.2 Å². The van der Waals surface area contributed by atoms with Crippen molar-refractivity contribution in [2.24, 2.45) is 4.99 Å². The molecule has 29 heavy (non-hydrogen) atoms. The predicted octanol–water partition coefficient (Wildman–Crippen LogP) is 3.67. The summed E-state index contributed by atoms with van der Waals surface area (Å²) in [6.07, 6.45) is 0. The first-order chi connectivity index (χ1) is 13.6. The lowest BCUT2D eigenvalue weighted by Crippen LogP contribution is -2.35. The molecule has 9 nitrogen and oxygen atoms in total. The van der Waals surface area contributed by atoms with Crippen molar-refractivity contribution in [3.63, 3.8) is 0 Å². The summed E-state index contributed by atoms with van der Waals surface area (Å²) >= 11 is 0. The zero-order chi connectivity index (χ0) is 21.7. The highest BCUT2D eigenvalue weighted by atomic mass is 19.1. The average Bonchev–Trinajstić information content (AvgIpc) is 2.66. The van der Waals surface area contributed by atoms with Crippen LogP contribution in [0.2, 0.25) is 0 Å². The first-order valence-corrected chi connectivity index (χ1v) is 8.44. The maximum absolute atomic E-state index is 15.3. The quantitative estimate of drug-likeness (QED) is 0.249. The third kappa shape index (κ3) is 5.12. The largest absolute Gasteiger partial charge is 0.349 e. The Labute approximate surface area is 166 Å². The van der Waals surface area contributed by atoms with Crippen molar-refractivity contribution in [3.05, 3.63) is 85.8 Å². The molecule has 0 N–H and O–H groups in total. The molecule has 152 valence electrons. The number of nitro groups is 2. The van der Waals surface area contributed by atoms with E-state index in [2.05, 4.69) is 4.99 Å². The van der Waals surface area contributed by atoms with Crippen molar-refractivity contribution in [2.75, 3.05) is 28.2 Å². The van der Waals surface area contributed by atoms with Gasteiger partial charge in [0.1, 0.15) is 0 Å². The monoisotopic (exact) mass is 401 g/mol. The third-order valence-corrected chi connectivity index (χ3v) is 3.94. The van der Waals surface area contributed by atoms with Gasteiger partial charge in [0.25, 0.3) is 11.4 Å². The Bertz CT molecular complexity index is 898. The Hall–Kier alpha value is -3.82. The molecule has 0 bridgehead atoms. The van der Waals surface area contributed by atoms with E-state index in [-0.39, 0.29) is 16.9 Å². The number of benzene rings is 2. The fourth-order valence-electron chi connectivity index (χ4n) is 2.65. The van der Waals surface area contributed by atoms with Crippen LogP contribution in [0.4, 0.5) is 15.8 Å². The molecule has 0 aliphatic rings. The van der Waals surface area contributed by atoms with Crippen LogP contribution in [0.1, 0.15) is 11.1 Å². The highest BCUT2D eigenvalue weighted by molar-refractivity contribution is 5.85. The van der Waals surface area contributed by atoms with E-state index in [1.54, 1.807) is 38.0 Å². The van der Waals surface area contributed by atoms with E-state index in [1.807, 2.05) is 0 Å². The van der Waals surface area contributed by atoms with E-state index in [0.717, 1.165) is 0 Å². The van der Waals surface area contributed by atoms with Gasteiger partial charge < -0.3 is 9.80 Å². The van der Waals surface area contributed by atoms with Crippen LogP contribution in [0.5, 0.6) is 0 Å². The lowest BCUT2D eigenvalue weighted by atomic mass is 9.98. The van der Waals surface area contributed by atoms with Gasteiger partial charge >= 0.3 is 0 Å². The number of non-ortho nitro benzene ring substituents is 2. The Morgan fingerprint density at radius 1 is 0.793 bits per heavy atom. The normalized spacial score (nSPS) is 10.1. The number of nitro benzene ring substituents is 2. The van der Waals surface area contributed by atoms with Crippen molar-refractivity contribution in [2.45, 2.75) is 0 Å². The lowest BCUT2D eigenvalue weighted by molar-refractivity contribution is -0.385. The zero-order valence-corrected chi connectivity index (χ0v) is 16.4. The minimum atomic E-state index is -0.829. The Morgan fingerprint density at radius 2 is 1.14 bits per heavy atom. The van der Waals surface area contributed by atoms with Gasteiger partial charge in [-0.3, -0.25) is 20.2 Å². The number of aliphatic imine (C=N–C) groups is 1. The van der Waals surface area contributed by atoms with E-state index >= 15 is 4.39 Å². The molecular formula is C19H20FN5O4. The number of nitrogens with zero attached hydrogens (tertiary/aromatic N) is 5. The number of halogens is 1. The molecule has 0 aliphatic carbocycles. The summed E-state index contributed by atoms with van der Waals surface area (Å²) in [6, 6.07) is 10.7. The smallest absolute Gasteiger partial charge is 0.269 e. The Balaban J connectivity index is 2.68. The molecule has 0 atom stereocenters. The predicted molar refractivity (Wildman–Crippen MR) is 108 cm³/mol. The summed E-state index contributed by atoms with van der Waals surface area (Å²) in [6.45, 7) is 0. The highest BCUT2D eigenvalue weighted by Gasteiger charge is 2.17. The van der Waals surface area contributed by atoms with Crippen molar-refractivity contribution < 1.29 is 14.2 Å². The van der Waals surface area contributed by atoms with E-state index in [1.165, 1.54) is 48.5 Å². The van der Waals surface area contributed by atoms with Gasteiger partial charge in [0.2, 0.25) is 11.9 Å². The molecule has 0 aromatic heterocycles. The van der Waals surface area contributed by atoms with Crippen LogP contribution in [0.25, 0.3) is 5.57 Å². The van der Waals surface area contributed by atoms with E-state index in [4.69, 9.17) is 0 Å².